The van der Waals surface area contributed by atoms with Gasteiger partial charge in [0.15, 0.2) is 5.13 Å². The van der Waals surface area contributed by atoms with Gasteiger partial charge < -0.3 is 14.6 Å². The lowest BCUT2D eigenvalue weighted by molar-refractivity contribution is 0.186. The Labute approximate surface area is 147 Å². The van der Waals surface area contributed by atoms with Gasteiger partial charge in [0.05, 0.1) is 12.3 Å². The van der Waals surface area contributed by atoms with Crippen molar-refractivity contribution in [1.29, 1.82) is 0 Å². The number of rotatable bonds is 7. The van der Waals surface area contributed by atoms with E-state index in [0.29, 0.717) is 0 Å². The van der Waals surface area contributed by atoms with Gasteiger partial charge in [-0.1, -0.05) is 30.3 Å². The highest BCUT2D eigenvalue weighted by Crippen LogP contribution is 2.30. The summed E-state index contributed by atoms with van der Waals surface area (Å²) in [6.07, 6.45) is 0. The van der Waals surface area contributed by atoms with Crippen LogP contribution in [0.3, 0.4) is 0 Å². The van der Waals surface area contributed by atoms with Crippen LogP contribution in [0.5, 0.6) is 0 Å². The van der Waals surface area contributed by atoms with Gasteiger partial charge in [0, 0.05) is 42.5 Å². The van der Waals surface area contributed by atoms with Crippen molar-refractivity contribution in [3.8, 4) is 11.3 Å². The minimum atomic E-state index is 0.719. The Bertz CT molecular complexity index is 792. The number of hydrogen-bond donors (Lipinski definition) is 1. The molecule has 0 radical (unpaired) electrons. The molecule has 3 aromatic rings. The molecule has 0 aliphatic carbocycles. The monoisotopic (exact) mass is 341 g/mol. The second-order valence-corrected chi connectivity index (χ2v) is 6.66. The molecule has 1 N–H and O–H groups in total. The Morgan fingerprint density at radius 3 is 2.75 bits per heavy atom. The fourth-order valence-corrected chi connectivity index (χ4v) is 3.55. The fraction of sp³-hybridized carbons (Fsp3) is 0.316. The standard InChI is InChI=1S/C19H23N3OS/c1-14-11-17(15(2)22(14)9-10-23-3)18-13-24-19(21-18)20-12-16-7-5-4-6-8-16/h4-8,11,13H,9-10,12H2,1-3H3,(H,20,21). The zero-order chi connectivity index (χ0) is 16.9. The molecule has 1 aromatic carbocycles. The number of nitrogens with one attached hydrogen (secondary N) is 1. The summed E-state index contributed by atoms with van der Waals surface area (Å²) in [6, 6.07) is 12.6. The first kappa shape index (κ1) is 16.7. The molecule has 0 aliphatic rings. The first-order chi connectivity index (χ1) is 11.7. The van der Waals surface area contributed by atoms with Crippen molar-refractivity contribution in [3.05, 3.63) is 58.7 Å². The summed E-state index contributed by atoms with van der Waals surface area (Å²) in [5.41, 5.74) is 5.97. The van der Waals surface area contributed by atoms with Gasteiger partial charge in [-0.15, -0.1) is 11.3 Å². The number of benzene rings is 1. The summed E-state index contributed by atoms with van der Waals surface area (Å²) < 4.78 is 7.49. The molecule has 0 saturated heterocycles. The van der Waals surface area contributed by atoms with E-state index >= 15 is 0 Å². The van der Waals surface area contributed by atoms with Crippen LogP contribution in [0.25, 0.3) is 11.3 Å². The number of aryl methyl sites for hydroxylation is 1. The van der Waals surface area contributed by atoms with Crippen LogP contribution >= 0.6 is 11.3 Å². The lowest BCUT2D eigenvalue weighted by Gasteiger charge is -2.08. The quantitative estimate of drug-likeness (QED) is 0.688. The van der Waals surface area contributed by atoms with Crippen LogP contribution in [0.1, 0.15) is 17.0 Å². The van der Waals surface area contributed by atoms with Crippen LogP contribution in [0.15, 0.2) is 41.8 Å². The van der Waals surface area contributed by atoms with Crippen molar-refractivity contribution in [3.63, 3.8) is 0 Å². The van der Waals surface area contributed by atoms with Crippen molar-refractivity contribution >= 4 is 16.5 Å². The number of anilines is 1. The smallest absolute Gasteiger partial charge is 0.183 e. The summed E-state index contributed by atoms with van der Waals surface area (Å²) in [5.74, 6) is 0. The molecule has 0 unspecified atom stereocenters. The first-order valence-corrected chi connectivity index (χ1v) is 8.96. The topological polar surface area (TPSA) is 39.1 Å². The van der Waals surface area contributed by atoms with Crippen LogP contribution in [-0.4, -0.2) is 23.3 Å². The molecule has 2 heterocycles. The number of thiazole rings is 1. The van der Waals surface area contributed by atoms with Crippen molar-refractivity contribution in [1.82, 2.24) is 9.55 Å². The van der Waals surface area contributed by atoms with Crippen molar-refractivity contribution < 1.29 is 4.74 Å². The molecule has 0 saturated carbocycles. The van der Waals surface area contributed by atoms with E-state index in [0.717, 1.165) is 30.5 Å². The fourth-order valence-electron chi connectivity index (χ4n) is 2.84. The Hall–Kier alpha value is -2.11. The van der Waals surface area contributed by atoms with Crippen molar-refractivity contribution in [2.75, 3.05) is 19.0 Å². The van der Waals surface area contributed by atoms with E-state index in [1.54, 1.807) is 18.4 Å². The number of aromatic nitrogens is 2. The minimum Gasteiger partial charge on any atom is -0.383 e. The van der Waals surface area contributed by atoms with E-state index in [4.69, 9.17) is 9.72 Å². The molecule has 24 heavy (non-hydrogen) atoms. The van der Waals surface area contributed by atoms with Gasteiger partial charge in [0.2, 0.25) is 0 Å². The van der Waals surface area contributed by atoms with E-state index in [2.05, 4.69) is 59.4 Å². The third-order valence-electron chi connectivity index (χ3n) is 4.16. The molecule has 126 valence electrons. The molecular formula is C19H23N3OS. The zero-order valence-electron chi connectivity index (χ0n) is 14.4. The highest BCUT2D eigenvalue weighted by molar-refractivity contribution is 7.14. The molecule has 0 fully saturated rings. The SMILES string of the molecule is COCCn1c(C)cc(-c2csc(NCc3ccccc3)n2)c1C. The van der Waals surface area contributed by atoms with Gasteiger partial charge in [-0.05, 0) is 25.5 Å². The number of hydrogen-bond acceptors (Lipinski definition) is 4. The highest BCUT2D eigenvalue weighted by Gasteiger charge is 2.13. The third kappa shape index (κ3) is 3.68. The molecule has 4 nitrogen and oxygen atoms in total. The average molecular weight is 341 g/mol. The highest BCUT2D eigenvalue weighted by atomic mass is 32.1. The van der Waals surface area contributed by atoms with Gasteiger partial charge in [0.1, 0.15) is 0 Å². The first-order valence-electron chi connectivity index (χ1n) is 8.08. The third-order valence-corrected chi connectivity index (χ3v) is 4.96. The molecule has 0 amide bonds. The average Bonchev–Trinajstić information content (AvgIpc) is 3.17. The van der Waals surface area contributed by atoms with Gasteiger partial charge in [-0.3, -0.25) is 0 Å². The van der Waals surface area contributed by atoms with Crippen LogP contribution in [0.4, 0.5) is 5.13 Å². The number of methoxy groups -OCH3 is 1. The molecule has 0 bridgehead atoms. The van der Waals surface area contributed by atoms with Crippen LogP contribution in [-0.2, 0) is 17.8 Å². The van der Waals surface area contributed by atoms with Crippen LogP contribution in [0, 0.1) is 13.8 Å². The maximum atomic E-state index is 5.20. The molecule has 2 aromatic heterocycles. The predicted molar refractivity (Wildman–Crippen MR) is 101 cm³/mol. The number of ether oxygens (including phenoxy) is 1. The van der Waals surface area contributed by atoms with Gasteiger partial charge in [-0.25, -0.2) is 4.98 Å². The molecule has 0 spiro atoms. The summed E-state index contributed by atoms with van der Waals surface area (Å²) in [5, 5.41) is 6.48. The van der Waals surface area contributed by atoms with Gasteiger partial charge in [-0.2, -0.15) is 0 Å². The van der Waals surface area contributed by atoms with E-state index < -0.39 is 0 Å². The largest absolute Gasteiger partial charge is 0.383 e. The van der Waals surface area contributed by atoms with E-state index in [1.807, 2.05) is 6.07 Å². The van der Waals surface area contributed by atoms with Crippen LogP contribution in [0.2, 0.25) is 0 Å². The van der Waals surface area contributed by atoms with Crippen LogP contribution < -0.4 is 5.32 Å². The minimum absolute atomic E-state index is 0.719. The second-order valence-electron chi connectivity index (χ2n) is 5.81. The summed E-state index contributed by atoms with van der Waals surface area (Å²) >= 11 is 1.65. The lowest BCUT2D eigenvalue weighted by Crippen LogP contribution is -2.07. The lowest BCUT2D eigenvalue weighted by atomic mass is 10.2. The Morgan fingerprint density at radius 1 is 1.21 bits per heavy atom. The Kier molecular flexibility index (Phi) is 5.33. The zero-order valence-corrected chi connectivity index (χ0v) is 15.2. The Balaban J connectivity index is 1.73. The van der Waals surface area contributed by atoms with Gasteiger partial charge in [0.25, 0.3) is 0 Å². The van der Waals surface area contributed by atoms with E-state index in [-0.39, 0.29) is 0 Å². The summed E-state index contributed by atoms with van der Waals surface area (Å²) in [7, 11) is 1.74. The van der Waals surface area contributed by atoms with Crippen molar-refractivity contribution in [2.24, 2.45) is 0 Å². The maximum Gasteiger partial charge on any atom is 0.183 e. The van der Waals surface area contributed by atoms with E-state index in [1.165, 1.54) is 22.5 Å². The Morgan fingerprint density at radius 2 is 2.00 bits per heavy atom. The van der Waals surface area contributed by atoms with Crippen molar-refractivity contribution in [2.45, 2.75) is 26.9 Å². The number of nitrogens with zero attached hydrogens (tertiary/aromatic N) is 2. The maximum absolute atomic E-state index is 5.20. The van der Waals surface area contributed by atoms with E-state index in [9.17, 15) is 0 Å². The normalized spacial score (nSPS) is 11.0. The molecule has 3 rings (SSSR count). The molecule has 5 heteroatoms. The molecular weight excluding hydrogens is 318 g/mol. The molecule has 0 atom stereocenters. The summed E-state index contributed by atoms with van der Waals surface area (Å²) in [6.45, 7) is 6.66. The summed E-state index contributed by atoms with van der Waals surface area (Å²) in [4.78, 5) is 4.75. The second kappa shape index (κ2) is 7.64. The van der Waals surface area contributed by atoms with Gasteiger partial charge >= 0.3 is 0 Å². The predicted octanol–water partition coefficient (Wildman–Crippen LogP) is 4.49. The molecule has 0 aliphatic heterocycles.